The SMILES string of the molecule is CC[C@@](O)(CN)c1cccc(OCC2CCC2)c1. The van der Waals surface area contributed by atoms with Crippen molar-refractivity contribution in [2.24, 2.45) is 11.7 Å². The number of rotatable bonds is 6. The van der Waals surface area contributed by atoms with Crippen molar-refractivity contribution < 1.29 is 9.84 Å². The molecule has 0 unspecified atom stereocenters. The first-order valence-corrected chi connectivity index (χ1v) is 6.83. The van der Waals surface area contributed by atoms with Gasteiger partial charge in [0.1, 0.15) is 11.4 Å². The molecule has 2 rings (SSSR count). The molecule has 1 atom stereocenters. The summed E-state index contributed by atoms with van der Waals surface area (Å²) in [6.45, 7) is 2.96. The average molecular weight is 249 g/mol. The third-order valence-electron chi connectivity index (χ3n) is 4.00. The van der Waals surface area contributed by atoms with E-state index in [2.05, 4.69) is 0 Å². The lowest BCUT2D eigenvalue weighted by Crippen LogP contribution is -2.34. The maximum absolute atomic E-state index is 10.4. The third-order valence-corrected chi connectivity index (χ3v) is 4.00. The van der Waals surface area contributed by atoms with E-state index in [9.17, 15) is 5.11 Å². The zero-order valence-electron chi connectivity index (χ0n) is 11.1. The van der Waals surface area contributed by atoms with E-state index in [0.29, 0.717) is 12.3 Å². The Labute approximate surface area is 109 Å². The molecule has 3 heteroatoms. The van der Waals surface area contributed by atoms with Crippen LogP contribution in [-0.2, 0) is 5.60 Å². The molecular weight excluding hydrogens is 226 g/mol. The van der Waals surface area contributed by atoms with E-state index < -0.39 is 5.60 Å². The van der Waals surface area contributed by atoms with E-state index in [-0.39, 0.29) is 6.54 Å². The molecule has 3 nitrogen and oxygen atoms in total. The molecule has 0 aromatic heterocycles. The van der Waals surface area contributed by atoms with E-state index in [4.69, 9.17) is 10.5 Å². The molecule has 0 radical (unpaired) electrons. The molecule has 100 valence electrons. The second kappa shape index (κ2) is 5.72. The molecular formula is C15H23NO2. The smallest absolute Gasteiger partial charge is 0.119 e. The van der Waals surface area contributed by atoms with Gasteiger partial charge in [0.15, 0.2) is 0 Å². The molecule has 3 N–H and O–H groups in total. The highest BCUT2D eigenvalue weighted by Gasteiger charge is 2.25. The van der Waals surface area contributed by atoms with Gasteiger partial charge in [-0.05, 0) is 42.9 Å². The molecule has 1 aliphatic rings. The van der Waals surface area contributed by atoms with E-state index in [1.165, 1.54) is 19.3 Å². The minimum absolute atomic E-state index is 0.232. The number of hydrogen-bond acceptors (Lipinski definition) is 3. The van der Waals surface area contributed by atoms with Crippen molar-refractivity contribution >= 4 is 0 Å². The highest BCUT2D eigenvalue weighted by Crippen LogP contribution is 2.29. The first-order chi connectivity index (χ1) is 8.68. The van der Waals surface area contributed by atoms with Gasteiger partial charge in [-0.3, -0.25) is 0 Å². The van der Waals surface area contributed by atoms with Crippen LogP contribution in [0.1, 0.15) is 38.2 Å². The minimum Gasteiger partial charge on any atom is -0.493 e. The van der Waals surface area contributed by atoms with E-state index >= 15 is 0 Å². The molecule has 1 aromatic rings. The number of ether oxygens (including phenoxy) is 1. The maximum atomic E-state index is 10.4. The van der Waals surface area contributed by atoms with E-state index in [1.807, 2.05) is 31.2 Å². The summed E-state index contributed by atoms with van der Waals surface area (Å²) in [6.07, 6.45) is 4.50. The molecule has 0 saturated heterocycles. The predicted molar refractivity (Wildman–Crippen MR) is 72.5 cm³/mol. The Kier molecular flexibility index (Phi) is 4.25. The highest BCUT2D eigenvalue weighted by molar-refractivity contribution is 5.32. The lowest BCUT2D eigenvalue weighted by Gasteiger charge is -2.27. The molecule has 0 spiro atoms. The fourth-order valence-corrected chi connectivity index (χ4v) is 2.22. The van der Waals surface area contributed by atoms with Crippen LogP contribution in [0.15, 0.2) is 24.3 Å². The quantitative estimate of drug-likeness (QED) is 0.814. The molecule has 0 aliphatic heterocycles. The largest absolute Gasteiger partial charge is 0.493 e. The van der Waals surface area contributed by atoms with Crippen LogP contribution in [0.2, 0.25) is 0 Å². The Morgan fingerprint density at radius 3 is 2.78 bits per heavy atom. The van der Waals surface area contributed by atoms with Gasteiger partial charge in [-0.2, -0.15) is 0 Å². The van der Waals surface area contributed by atoms with Crippen molar-refractivity contribution in [2.45, 2.75) is 38.2 Å². The molecule has 0 bridgehead atoms. The van der Waals surface area contributed by atoms with Crippen LogP contribution < -0.4 is 10.5 Å². The van der Waals surface area contributed by atoms with Gasteiger partial charge in [-0.1, -0.05) is 25.5 Å². The van der Waals surface area contributed by atoms with Crippen molar-refractivity contribution in [1.29, 1.82) is 0 Å². The zero-order valence-corrected chi connectivity index (χ0v) is 11.1. The van der Waals surface area contributed by atoms with Crippen molar-refractivity contribution in [1.82, 2.24) is 0 Å². The number of nitrogens with two attached hydrogens (primary N) is 1. The second-order valence-electron chi connectivity index (χ2n) is 5.23. The first kappa shape index (κ1) is 13.4. The van der Waals surface area contributed by atoms with Crippen molar-refractivity contribution in [3.8, 4) is 5.75 Å². The third kappa shape index (κ3) is 2.85. The molecule has 0 heterocycles. The molecule has 18 heavy (non-hydrogen) atoms. The summed E-state index contributed by atoms with van der Waals surface area (Å²) in [5, 5.41) is 10.4. The summed E-state index contributed by atoms with van der Waals surface area (Å²) in [5.41, 5.74) is 5.57. The van der Waals surface area contributed by atoms with Crippen LogP contribution in [-0.4, -0.2) is 18.3 Å². The summed E-state index contributed by atoms with van der Waals surface area (Å²) in [7, 11) is 0. The van der Waals surface area contributed by atoms with Gasteiger partial charge in [-0.15, -0.1) is 0 Å². The molecule has 1 saturated carbocycles. The summed E-state index contributed by atoms with van der Waals surface area (Å²) in [4.78, 5) is 0. The summed E-state index contributed by atoms with van der Waals surface area (Å²) in [5.74, 6) is 1.55. The summed E-state index contributed by atoms with van der Waals surface area (Å²) in [6, 6.07) is 7.68. The minimum atomic E-state index is -0.935. The summed E-state index contributed by atoms with van der Waals surface area (Å²) >= 11 is 0. The fourth-order valence-electron chi connectivity index (χ4n) is 2.22. The Morgan fingerprint density at radius 2 is 2.22 bits per heavy atom. The topological polar surface area (TPSA) is 55.5 Å². The Morgan fingerprint density at radius 1 is 1.44 bits per heavy atom. The molecule has 1 aromatic carbocycles. The van der Waals surface area contributed by atoms with Crippen LogP contribution in [0.25, 0.3) is 0 Å². The average Bonchev–Trinajstić information content (AvgIpc) is 2.36. The lowest BCUT2D eigenvalue weighted by atomic mass is 9.86. The number of benzene rings is 1. The lowest BCUT2D eigenvalue weighted by molar-refractivity contribution is 0.0415. The Balaban J connectivity index is 2.03. The Bertz CT molecular complexity index is 384. The first-order valence-electron chi connectivity index (χ1n) is 6.83. The molecule has 1 aliphatic carbocycles. The van der Waals surface area contributed by atoms with Crippen molar-refractivity contribution in [2.75, 3.05) is 13.2 Å². The van der Waals surface area contributed by atoms with Crippen LogP contribution in [0, 0.1) is 5.92 Å². The normalized spacial score (nSPS) is 19.1. The maximum Gasteiger partial charge on any atom is 0.119 e. The monoisotopic (exact) mass is 249 g/mol. The van der Waals surface area contributed by atoms with Gasteiger partial charge in [0.25, 0.3) is 0 Å². The van der Waals surface area contributed by atoms with Gasteiger partial charge < -0.3 is 15.6 Å². The van der Waals surface area contributed by atoms with E-state index in [0.717, 1.165) is 17.9 Å². The van der Waals surface area contributed by atoms with E-state index in [1.54, 1.807) is 0 Å². The van der Waals surface area contributed by atoms with Crippen LogP contribution >= 0.6 is 0 Å². The summed E-state index contributed by atoms with van der Waals surface area (Å²) < 4.78 is 5.78. The second-order valence-corrected chi connectivity index (χ2v) is 5.23. The zero-order chi connectivity index (χ0) is 13.0. The Hall–Kier alpha value is -1.06. The number of hydrogen-bond donors (Lipinski definition) is 2. The molecule has 1 fully saturated rings. The number of aliphatic hydroxyl groups is 1. The van der Waals surface area contributed by atoms with Gasteiger partial charge in [0, 0.05) is 6.54 Å². The van der Waals surface area contributed by atoms with Gasteiger partial charge in [0.2, 0.25) is 0 Å². The molecule has 0 amide bonds. The van der Waals surface area contributed by atoms with Crippen LogP contribution in [0.4, 0.5) is 0 Å². The van der Waals surface area contributed by atoms with Gasteiger partial charge in [0.05, 0.1) is 6.61 Å². The van der Waals surface area contributed by atoms with Crippen LogP contribution in [0.5, 0.6) is 5.75 Å². The van der Waals surface area contributed by atoms with Gasteiger partial charge >= 0.3 is 0 Å². The highest BCUT2D eigenvalue weighted by atomic mass is 16.5. The van der Waals surface area contributed by atoms with Gasteiger partial charge in [-0.25, -0.2) is 0 Å². The standard InChI is InChI=1S/C15H23NO2/c1-2-15(17,11-16)13-7-4-8-14(9-13)18-10-12-5-3-6-12/h4,7-9,12,17H,2-3,5-6,10-11,16H2,1H3/t15-/m1/s1. The predicted octanol–water partition coefficient (Wildman–Crippen LogP) is 2.42. The van der Waals surface area contributed by atoms with Crippen LogP contribution in [0.3, 0.4) is 0 Å². The van der Waals surface area contributed by atoms with Crippen molar-refractivity contribution in [3.05, 3.63) is 29.8 Å². The fraction of sp³-hybridized carbons (Fsp3) is 0.600. The van der Waals surface area contributed by atoms with Crippen molar-refractivity contribution in [3.63, 3.8) is 0 Å².